The largest absolute Gasteiger partial charge is 0.497 e. The molecule has 1 aliphatic heterocycles. The first-order valence-corrected chi connectivity index (χ1v) is 12.0. The second-order valence-corrected chi connectivity index (χ2v) is 8.78. The fourth-order valence-corrected chi connectivity index (χ4v) is 4.31. The summed E-state index contributed by atoms with van der Waals surface area (Å²) in [5, 5.41) is 10.8. The van der Waals surface area contributed by atoms with E-state index in [1.807, 2.05) is 61.5 Å². The number of hydrogen-bond acceptors (Lipinski definition) is 7. The molecule has 4 aromatic rings. The smallest absolute Gasteiger partial charge is 0.273 e. The minimum Gasteiger partial charge on any atom is -0.497 e. The van der Waals surface area contributed by atoms with Gasteiger partial charge in [0.2, 0.25) is 0 Å². The van der Waals surface area contributed by atoms with Crippen molar-refractivity contribution in [2.45, 2.75) is 19.8 Å². The maximum atomic E-state index is 12.9. The molecule has 0 unspecified atom stereocenters. The van der Waals surface area contributed by atoms with E-state index in [-0.39, 0.29) is 5.91 Å². The lowest BCUT2D eigenvalue weighted by molar-refractivity contribution is 0.101. The maximum Gasteiger partial charge on any atom is 0.273 e. The molecule has 1 fully saturated rings. The second kappa shape index (κ2) is 10.1. The van der Waals surface area contributed by atoms with Gasteiger partial charge in [-0.15, -0.1) is 0 Å². The second-order valence-electron chi connectivity index (χ2n) is 8.78. The summed E-state index contributed by atoms with van der Waals surface area (Å²) in [6, 6.07) is 18.9. The van der Waals surface area contributed by atoms with Crippen LogP contribution in [0.2, 0.25) is 0 Å². The first-order valence-electron chi connectivity index (χ1n) is 12.0. The number of methoxy groups -OCH3 is 1. The topological polar surface area (TPSA) is 97.2 Å². The molecule has 2 aromatic heterocycles. The summed E-state index contributed by atoms with van der Waals surface area (Å²) in [5.74, 6) is 2.94. The number of carbonyl (C=O) groups excluding carboxylic acids is 1. The van der Waals surface area contributed by atoms with Crippen LogP contribution < -0.4 is 20.3 Å². The number of aromatic nitrogens is 4. The lowest BCUT2D eigenvalue weighted by atomic mass is 10.1. The highest BCUT2D eigenvalue weighted by atomic mass is 16.5. The molecule has 9 heteroatoms. The highest BCUT2D eigenvalue weighted by molar-refractivity contribution is 6.03. The summed E-state index contributed by atoms with van der Waals surface area (Å²) >= 11 is 0. The number of rotatable bonds is 7. The zero-order chi connectivity index (χ0) is 25.1. The first kappa shape index (κ1) is 23.3. The highest BCUT2D eigenvalue weighted by Gasteiger charge is 2.16. The van der Waals surface area contributed by atoms with E-state index in [0.717, 1.165) is 47.5 Å². The minimum absolute atomic E-state index is 0.235. The standard InChI is InChI=1S/C27H29N7O2/c1-18-28-25(17-26(29-18)34-13-4-5-14-34)30-20-9-11-21(12-10-20)31-27(35)24-16-23(32-33(24)2)19-7-6-8-22(15-19)36-3/h6-12,15-17H,4-5,13-14H2,1-3H3,(H,31,35)(H,28,29,30). The Bertz CT molecular complexity index is 1380. The van der Waals surface area contributed by atoms with Crippen LogP contribution >= 0.6 is 0 Å². The molecule has 0 atom stereocenters. The summed E-state index contributed by atoms with van der Waals surface area (Å²) < 4.78 is 6.87. The third-order valence-corrected chi connectivity index (χ3v) is 6.15. The Labute approximate surface area is 210 Å². The van der Waals surface area contributed by atoms with Crippen LogP contribution in [-0.2, 0) is 7.05 Å². The van der Waals surface area contributed by atoms with Crippen molar-refractivity contribution in [2.24, 2.45) is 7.05 Å². The molecule has 9 nitrogen and oxygen atoms in total. The molecule has 36 heavy (non-hydrogen) atoms. The number of amides is 1. The van der Waals surface area contributed by atoms with Gasteiger partial charge in [-0.25, -0.2) is 9.97 Å². The Morgan fingerprint density at radius 1 is 0.972 bits per heavy atom. The van der Waals surface area contributed by atoms with Gasteiger partial charge in [-0.2, -0.15) is 5.10 Å². The van der Waals surface area contributed by atoms with Gasteiger partial charge in [0, 0.05) is 43.1 Å². The monoisotopic (exact) mass is 483 g/mol. The van der Waals surface area contributed by atoms with E-state index in [1.54, 1.807) is 24.9 Å². The molecular formula is C27H29N7O2. The maximum absolute atomic E-state index is 12.9. The third-order valence-electron chi connectivity index (χ3n) is 6.15. The average molecular weight is 484 g/mol. The number of nitrogens with one attached hydrogen (secondary N) is 2. The van der Waals surface area contributed by atoms with Crippen LogP contribution in [-0.4, -0.2) is 45.9 Å². The third kappa shape index (κ3) is 5.14. The number of nitrogens with zero attached hydrogens (tertiary/aromatic N) is 5. The van der Waals surface area contributed by atoms with E-state index >= 15 is 0 Å². The van der Waals surface area contributed by atoms with Crippen LogP contribution in [0.1, 0.15) is 29.2 Å². The fraction of sp³-hybridized carbons (Fsp3) is 0.259. The van der Waals surface area contributed by atoms with Gasteiger partial charge in [-0.1, -0.05) is 12.1 Å². The lowest BCUT2D eigenvalue weighted by Crippen LogP contribution is -2.19. The predicted molar refractivity (Wildman–Crippen MR) is 141 cm³/mol. The minimum atomic E-state index is -0.235. The van der Waals surface area contributed by atoms with Gasteiger partial charge in [0.25, 0.3) is 5.91 Å². The van der Waals surface area contributed by atoms with Gasteiger partial charge < -0.3 is 20.3 Å². The number of aryl methyl sites for hydroxylation is 2. The van der Waals surface area contributed by atoms with Crippen LogP contribution in [0, 0.1) is 6.92 Å². The van der Waals surface area contributed by atoms with Crippen molar-refractivity contribution < 1.29 is 9.53 Å². The fourth-order valence-electron chi connectivity index (χ4n) is 4.31. The molecule has 2 N–H and O–H groups in total. The van der Waals surface area contributed by atoms with Crippen molar-refractivity contribution >= 4 is 28.9 Å². The van der Waals surface area contributed by atoms with Crippen molar-refractivity contribution in [3.8, 4) is 17.0 Å². The van der Waals surface area contributed by atoms with E-state index in [4.69, 9.17) is 4.74 Å². The molecular weight excluding hydrogens is 454 g/mol. The zero-order valence-electron chi connectivity index (χ0n) is 20.7. The van der Waals surface area contributed by atoms with E-state index in [1.165, 1.54) is 12.8 Å². The molecule has 5 rings (SSSR count). The molecule has 0 radical (unpaired) electrons. The van der Waals surface area contributed by atoms with Gasteiger partial charge >= 0.3 is 0 Å². The van der Waals surface area contributed by atoms with Crippen molar-refractivity contribution in [1.82, 2.24) is 19.7 Å². The molecule has 0 aliphatic carbocycles. The van der Waals surface area contributed by atoms with Crippen molar-refractivity contribution in [3.63, 3.8) is 0 Å². The molecule has 1 aliphatic rings. The molecule has 3 heterocycles. The van der Waals surface area contributed by atoms with Crippen LogP contribution in [0.5, 0.6) is 5.75 Å². The van der Waals surface area contributed by atoms with Gasteiger partial charge in [0.15, 0.2) is 0 Å². The van der Waals surface area contributed by atoms with Crippen LogP contribution in [0.15, 0.2) is 60.7 Å². The molecule has 184 valence electrons. The number of ether oxygens (including phenoxy) is 1. The van der Waals surface area contributed by atoms with Gasteiger partial charge in [0.05, 0.1) is 12.8 Å². The number of benzene rings is 2. The quantitative estimate of drug-likeness (QED) is 0.390. The molecule has 1 amide bonds. The summed E-state index contributed by atoms with van der Waals surface area (Å²) in [5.41, 5.74) is 3.60. The van der Waals surface area contributed by atoms with E-state index in [2.05, 4.69) is 30.6 Å². The number of carbonyl (C=O) groups is 1. The Morgan fingerprint density at radius 2 is 1.72 bits per heavy atom. The predicted octanol–water partition coefficient (Wildman–Crippen LogP) is 4.79. The summed E-state index contributed by atoms with van der Waals surface area (Å²) in [7, 11) is 3.38. The van der Waals surface area contributed by atoms with Gasteiger partial charge in [0.1, 0.15) is 28.9 Å². The van der Waals surface area contributed by atoms with Gasteiger partial charge in [-0.3, -0.25) is 9.48 Å². The Hall–Kier alpha value is -4.40. The Morgan fingerprint density at radius 3 is 2.47 bits per heavy atom. The van der Waals surface area contributed by atoms with Gasteiger partial charge in [-0.05, 0) is 62.2 Å². The van der Waals surface area contributed by atoms with Crippen LogP contribution in [0.4, 0.5) is 23.0 Å². The summed E-state index contributed by atoms with van der Waals surface area (Å²) in [4.78, 5) is 24.3. The van der Waals surface area contributed by atoms with E-state index in [0.29, 0.717) is 17.1 Å². The van der Waals surface area contributed by atoms with E-state index < -0.39 is 0 Å². The number of anilines is 4. The SMILES string of the molecule is COc1cccc(-c2cc(C(=O)Nc3ccc(Nc4cc(N5CCCC5)nc(C)n4)cc3)n(C)n2)c1. The van der Waals surface area contributed by atoms with Crippen molar-refractivity contribution in [3.05, 3.63) is 72.2 Å². The summed E-state index contributed by atoms with van der Waals surface area (Å²) in [6.45, 7) is 3.96. The van der Waals surface area contributed by atoms with Crippen molar-refractivity contribution in [2.75, 3.05) is 35.7 Å². The van der Waals surface area contributed by atoms with E-state index in [9.17, 15) is 4.79 Å². The van der Waals surface area contributed by atoms with Crippen LogP contribution in [0.3, 0.4) is 0 Å². The number of hydrogen-bond donors (Lipinski definition) is 2. The molecule has 1 saturated heterocycles. The summed E-state index contributed by atoms with van der Waals surface area (Å²) in [6.07, 6.45) is 2.39. The lowest BCUT2D eigenvalue weighted by Gasteiger charge is -2.18. The molecule has 0 saturated carbocycles. The average Bonchev–Trinajstić information content (AvgIpc) is 3.55. The Kier molecular flexibility index (Phi) is 6.53. The first-order chi connectivity index (χ1) is 17.5. The zero-order valence-corrected chi connectivity index (χ0v) is 20.7. The highest BCUT2D eigenvalue weighted by Crippen LogP contribution is 2.25. The molecule has 0 spiro atoms. The molecule has 2 aromatic carbocycles. The normalized spacial score (nSPS) is 13.0. The van der Waals surface area contributed by atoms with Crippen LogP contribution in [0.25, 0.3) is 11.3 Å². The molecule has 0 bridgehead atoms. The van der Waals surface area contributed by atoms with Crippen molar-refractivity contribution in [1.29, 1.82) is 0 Å². The Balaban J connectivity index is 1.26.